The van der Waals surface area contributed by atoms with Crippen molar-refractivity contribution in [2.75, 3.05) is 39.6 Å². The van der Waals surface area contributed by atoms with Gasteiger partial charge in [0.2, 0.25) is 0 Å². The van der Waals surface area contributed by atoms with Gasteiger partial charge in [0, 0.05) is 25.7 Å². The number of hydrogen-bond donors (Lipinski definition) is 3. The summed E-state index contributed by atoms with van der Waals surface area (Å²) in [5.41, 5.74) is 0. The van der Waals surface area contributed by atoms with Crippen LogP contribution in [0, 0.1) is 0 Å². The molecule has 0 rings (SSSR count). The maximum atomic E-state index is 13.0. The largest absolute Gasteiger partial charge is 0.472 e. The molecule has 2 unspecified atom stereocenters. The van der Waals surface area contributed by atoms with E-state index in [0.29, 0.717) is 25.7 Å². The first-order valence-electron chi connectivity index (χ1n) is 37.8. The Morgan fingerprint density at radius 3 is 0.648 bits per heavy atom. The summed E-state index contributed by atoms with van der Waals surface area (Å²) in [6.45, 7) is 4.87. The number of esters is 4. The fraction of sp³-hybridized carbons (Fsp3) is 0.944. The first-order valence-corrected chi connectivity index (χ1v) is 40.8. The molecule has 5 atom stereocenters. The van der Waals surface area contributed by atoms with Gasteiger partial charge in [0.25, 0.3) is 0 Å². The molecule has 0 saturated heterocycles. The minimum absolute atomic E-state index is 0.107. The van der Waals surface area contributed by atoms with Crippen molar-refractivity contribution >= 4 is 39.5 Å². The lowest BCUT2D eigenvalue weighted by atomic mass is 10.0. The van der Waals surface area contributed by atoms with Crippen molar-refractivity contribution in [3.63, 3.8) is 0 Å². The molecule has 0 aromatic carbocycles. The molecule has 19 heteroatoms. The van der Waals surface area contributed by atoms with Crippen molar-refractivity contribution in [1.29, 1.82) is 0 Å². The second-order valence-corrected chi connectivity index (χ2v) is 28.9. The number of carbonyl (C=O) groups excluding carboxylic acids is 4. The zero-order valence-electron chi connectivity index (χ0n) is 58.8. The summed E-state index contributed by atoms with van der Waals surface area (Å²) in [6.07, 6.45) is 55.9. The molecule has 3 N–H and O–H groups in total. The van der Waals surface area contributed by atoms with Crippen molar-refractivity contribution in [3.8, 4) is 0 Å². The van der Waals surface area contributed by atoms with Crippen molar-refractivity contribution in [3.05, 3.63) is 0 Å². The molecule has 0 radical (unpaired) electrons. The van der Waals surface area contributed by atoms with Crippen LogP contribution in [0.3, 0.4) is 0 Å². The minimum Gasteiger partial charge on any atom is -0.462 e. The summed E-state index contributed by atoms with van der Waals surface area (Å²) in [7, 11) is -9.89. The number of rotatable bonds is 73. The van der Waals surface area contributed by atoms with Gasteiger partial charge in [0.15, 0.2) is 12.2 Å². The van der Waals surface area contributed by atoms with E-state index in [-0.39, 0.29) is 25.7 Å². The summed E-state index contributed by atoms with van der Waals surface area (Å²) in [5, 5.41) is 10.6. The fourth-order valence-electron chi connectivity index (χ4n) is 11.0. The van der Waals surface area contributed by atoms with Crippen LogP contribution in [-0.2, 0) is 65.4 Å². The van der Waals surface area contributed by atoms with E-state index in [1.165, 1.54) is 205 Å². The lowest BCUT2D eigenvalue weighted by molar-refractivity contribution is -0.161. The van der Waals surface area contributed by atoms with Gasteiger partial charge in [-0.05, 0) is 25.7 Å². The van der Waals surface area contributed by atoms with Gasteiger partial charge in [-0.25, -0.2) is 9.13 Å². The van der Waals surface area contributed by atoms with E-state index in [0.717, 1.165) is 96.3 Å². The third kappa shape index (κ3) is 66.5. The smallest absolute Gasteiger partial charge is 0.462 e. The average Bonchev–Trinajstić information content (AvgIpc) is 3.74. The van der Waals surface area contributed by atoms with Gasteiger partial charge in [-0.2, -0.15) is 0 Å². The Morgan fingerprint density at radius 2 is 0.440 bits per heavy atom. The van der Waals surface area contributed by atoms with Crippen LogP contribution < -0.4 is 0 Å². The highest BCUT2D eigenvalue weighted by molar-refractivity contribution is 7.47. The summed E-state index contributed by atoms with van der Waals surface area (Å²) in [5.74, 6) is -2.13. The van der Waals surface area contributed by atoms with Crippen molar-refractivity contribution in [2.24, 2.45) is 0 Å². The van der Waals surface area contributed by atoms with E-state index < -0.39 is 97.5 Å². The van der Waals surface area contributed by atoms with Crippen LogP contribution in [0.4, 0.5) is 0 Å². The number of aliphatic hydroxyl groups excluding tert-OH is 1. The molecular formula is C72H140O17P2. The van der Waals surface area contributed by atoms with Crippen LogP contribution in [0.2, 0.25) is 0 Å². The Balaban J connectivity index is 5.14. The van der Waals surface area contributed by atoms with Crippen LogP contribution in [-0.4, -0.2) is 96.7 Å². The second-order valence-electron chi connectivity index (χ2n) is 26.0. The quantitative estimate of drug-likeness (QED) is 0.0222. The van der Waals surface area contributed by atoms with Gasteiger partial charge < -0.3 is 33.8 Å². The summed E-state index contributed by atoms with van der Waals surface area (Å²) < 4.78 is 68.1. The number of aliphatic hydroxyl groups is 1. The molecule has 0 saturated carbocycles. The molecule has 0 aromatic rings. The maximum Gasteiger partial charge on any atom is 0.472 e. The van der Waals surface area contributed by atoms with Gasteiger partial charge >= 0.3 is 39.5 Å². The topological polar surface area (TPSA) is 237 Å². The van der Waals surface area contributed by atoms with E-state index >= 15 is 0 Å². The normalized spacial score (nSPS) is 14.0. The predicted octanol–water partition coefficient (Wildman–Crippen LogP) is 21.1. The summed E-state index contributed by atoms with van der Waals surface area (Å²) >= 11 is 0. The summed E-state index contributed by atoms with van der Waals surface area (Å²) in [4.78, 5) is 72.3. The first-order chi connectivity index (χ1) is 44.2. The van der Waals surface area contributed by atoms with Crippen LogP contribution in [0.5, 0.6) is 0 Å². The standard InChI is InChI=1S/C72H140O17P2/c1-5-9-13-17-20-23-26-28-30-32-34-36-38-41-44-47-51-55-59-72(77)89-68(63-83-70(75)57-53-49-45-42-40-37-35-33-31-29-27-24-21-18-14-10-6-2)65-87-91(80,81)85-61-66(73)60-84-90(78,79)86-64-67(62-82-69(74)56-52-48-16-12-8-4)88-71(76)58-54-50-46-43-39-25-22-19-15-11-7-3/h66-68,73H,5-65H2,1-4H3,(H,78,79)(H,80,81)/t66-,67+,68+/m0/s1. The molecule has 0 aliphatic rings. The molecule has 0 aliphatic carbocycles. The number of unbranched alkanes of at least 4 members (excludes halogenated alkanes) is 47. The molecule has 0 amide bonds. The predicted molar refractivity (Wildman–Crippen MR) is 368 cm³/mol. The van der Waals surface area contributed by atoms with Crippen molar-refractivity contribution < 1.29 is 80.2 Å². The number of ether oxygens (including phenoxy) is 4. The van der Waals surface area contributed by atoms with Crippen LogP contribution in [0.15, 0.2) is 0 Å². The van der Waals surface area contributed by atoms with E-state index in [1.54, 1.807) is 0 Å². The molecule has 17 nitrogen and oxygen atoms in total. The Hall–Kier alpha value is -1.94. The lowest BCUT2D eigenvalue weighted by Crippen LogP contribution is -2.30. The van der Waals surface area contributed by atoms with Crippen molar-refractivity contribution in [2.45, 2.75) is 399 Å². The number of hydrogen-bond acceptors (Lipinski definition) is 15. The third-order valence-electron chi connectivity index (χ3n) is 16.9. The van der Waals surface area contributed by atoms with E-state index in [1.807, 2.05) is 0 Å². The van der Waals surface area contributed by atoms with Gasteiger partial charge in [-0.3, -0.25) is 37.3 Å². The maximum absolute atomic E-state index is 13.0. The average molecular weight is 1340 g/mol. The molecular weight excluding hydrogens is 1200 g/mol. The Morgan fingerprint density at radius 1 is 0.264 bits per heavy atom. The monoisotopic (exact) mass is 1340 g/mol. The minimum atomic E-state index is -4.95. The highest BCUT2D eigenvalue weighted by atomic mass is 31.2. The molecule has 0 fully saturated rings. The fourth-order valence-corrected chi connectivity index (χ4v) is 12.6. The number of carbonyl (C=O) groups is 4. The van der Waals surface area contributed by atoms with E-state index in [9.17, 15) is 43.2 Å². The van der Waals surface area contributed by atoms with E-state index in [4.69, 9.17) is 37.0 Å². The van der Waals surface area contributed by atoms with Gasteiger partial charge in [-0.1, -0.05) is 329 Å². The van der Waals surface area contributed by atoms with Gasteiger partial charge in [0.05, 0.1) is 26.4 Å². The Bertz CT molecular complexity index is 1740. The highest BCUT2D eigenvalue weighted by Crippen LogP contribution is 2.45. The molecule has 0 aromatic heterocycles. The van der Waals surface area contributed by atoms with E-state index in [2.05, 4.69) is 27.7 Å². The zero-order chi connectivity index (χ0) is 66.8. The van der Waals surface area contributed by atoms with Crippen LogP contribution >= 0.6 is 15.6 Å². The van der Waals surface area contributed by atoms with Crippen LogP contribution in [0.25, 0.3) is 0 Å². The Kier molecular flexibility index (Phi) is 65.2. The molecule has 540 valence electrons. The van der Waals surface area contributed by atoms with Crippen LogP contribution in [0.1, 0.15) is 381 Å². The SMILES string of the molecule is CCCCCCCCCCCCCCCCCCCCC(=O)O[C@H](COC(=O)CCCCCCCCCCCCCCCCCCC)COP(=O)(O)OC[C@@H](O)COP(=O)(O)OC[C@@H](COC(=O)CCCCCCC)OC(=O)CCCCCCCCCCCCC. The molecule has 0 bridgehead atoms. The van der Waals surface area contributed by atoms with Gasteiger partial charge in [0.1, 0.15) is 19.3 Å². The van der Waals surface area contributed by atoms with Crippen molar-refractivity contribution in [1.82, 2.24) is 0 Å². The highest BCUT2D eigenvalue weighted by Gasteiger charge is 2.30. The second kappa shape index (κ2) is 66.7. The zero-order valence-corrected chi connectivity index (χ0v) is 60.6. The number of phosphoric ester groups is 2. The first kappa shape index (κ1) is 89.1. The number of phosphoric acid groups is 2. The lowest BCUT2D eigenvalue weighted by Gasteiger charge is -2.21. The third-order valence-corrected chi connectivity index (χ3v) is 18.8. The molecule has 0 heterocycles. The molecule has 91 heavy (non-hydrogen) atoms. The summed E-state index contributed by atoms with van der Waals surface area (Å²) in [6, 6.07) is 0. The Labute approximate surface area is 556 Å². The molecule has 0 spiro atoms. The molecule has 0 aliphatic heterocycles. The van der Waals surface area contributed by atoms with Gasteiger partial charge in [-0.15, -0.1) is 0 Å².